The van der Waals surface area contributed by atoms with Crippen molar-refractivity contribution in [3.8, 4) is 0 Å². The van der Waals surface area contributed by atoms with Crippen molar-refractivity contribution < 1.29 is 13.2 Å². The van der Waals surface area contributed by atoms with E-state index >= 15 is 0 Å². The van der Waals surface area contributed by atoms with Crippen LogP contribution >= 0.6 is 11.6 Å². The zero-order valence-corrected chi connectivity index (χ0v) is 7.71. The first kappa shape index (κ1) is 10.4. The summed E-state index contributed by atoms with van der Waals surface area (Å²) in [5.41, 5.74) is -0.362. The highest BCUT2D eigenvalue weighted by Crippen LogP contribution is 2.33. The third-order valence-electron chi connectivity index (χ3n) is 1.75. The molecule has 0 N–H and O–H groups in total. The number of halogens is 4. The fourth-order valence-corrected chi connectivity index (χ4v) is 1.33. The molecule has 0 aliphatic rings. The maximum absolute atomic E-state index is 12.3. The molecule has 0 fully saturated rings. The minimum Gasteiger partial charge on any atom is -0.166 e. The number of alkyl halides is 3. The third-order valence-corrected chi connectivity index (χ3v) is 1.99. The van der Waals surface area contributed by atoms with Crippen molar-refractivity contribution in [1.29, 1.82) is 0 Å². The van der Waals surface area contributed by atoms with Crippen molar-refractivity contribution >= 4 is 11.6 Å². The van der Waals surface area contributed by atoms with Crippen LogP contribution in [0.4, 0.5) is 13.2 Å². The Morgan fingerprint density at radius 1 is 1.31 bits per heavy atom. The predicted octanol–water partition coefficient (Wildman–Crippen LogP) is 3.92. The second kappa shape index (κ2) is 3.58. The Morgan fingerprint density at radius 3 is 2.38 bits per heavy atom. The van der Waals surface area contributed by atoms with Gasteiger partial charge in [0.05, 0.1) is 5.56 Å². The summed E-state index contributed by atoms with van der Waals surface area (Å²) in [6, 6.07) is 3.62. The summed E-state index contributed by atoms with van der Waals surface area (Å²) in [5, 5.41) is 0.338. The number of aryl methyl sites for hydroxylation is 1. The summed E-state index contributed by atoms with van der Waals surface area (Å²) in [6.45, 7) is 1.67. The summed E-state index contributed by atoms with van der Waals surface area (Å²) in [6.07, 6.45) is -3.95. The molecule has 0 saturated carbocycles. The molecular formula is C9H8ClF3. The number of rotatable bonds is 1. The van der Waals surface area contributed by atoms with Crippen molar-refractivity contribution in [1.82, 2.24) is 0 Å². The van der Waals surface area contributed by atoms with Gasteiger partial charge >= 0.3 is 6.18 Å². The van der Waals surface area contributed by atoms with Gasteiger partial charge in [-0.15, -0.1) is 0 Å². The number of benzene rings is 1. The molecule has 0 atom stereocenters. The monoisotopic (exact) mass is 208 g/mol. The molecule has 4 heteroatoms. The molecule has 0 aliphatic heterocycles. The molecule has 0 radical (unpaired) electrons. The van der Waals surface area contributed by atoms with E-state index in [1.807, 2.05) is 0 Å². The first-order chi connectivity index (χ1) is 5.95. The average Bonchev–Trinajstić information content (AvgIpc) is 2.01. The van der Waals surface area contributed by atoms with Crippen LogP contribution in [0.15, 0.2) is 18.2 Å². The first-order valence-corrected chi connectivity index (χ1v) is 4.18. The lowest BCUT2D eigenvalue weighted by atomic mass is 10.1. The van der Waals surface area contributed by atoms with Gasteiger partial charge in [0.15, 0.2) is 0 Å². The lowest BCUT2D eigenvalue weighted by molar-refractivity contribution is -0.138. The van der Waals surface area contributed by atoms with Crippen LogP contribution in [-0.4, -0.2) is 0 Å². The van der Waals surface area contributed by atoms with Crippen LogP contribution in [0, 0.1) is 0 Å². The number of hydrogen-bond acceptors (Lipinski definition) is 0. The quantitative estimate of drug-likeness (QED) is 0.656. The zero-order chi connectivity index (χ0) is 10.1. The molecule has 1 aromatic carbocycles. The third kappa shape index (κ3) is 2.37. The smallest absolute Gasteiger partial charge is 0.166 e. The van der Waals surface area contributed by atoms with E-state index < -0.39 is 11.7 Å². The SMILES string of the molecule is CCc1cc(Cl)ccc1C(F)(F)F. The Morgan fingerprint density at radius 2 is 1.92 bits per heavy atom. The van der Waals surface area contributed by atoms with Crippen LogP contribution in [0.1, 0.15) is 18.1 Å². The molecule has 0 aromatic heterocycles. The van der Waals surface area contributed by atoms with Crippen LogP contribution in [0.2, 0.25) is 5.02 Å². The normalized spacial score (nSPS) is 11.8. The molecule has 0 bridgehead atoms. The Balaban J connectivity index is 3.22. The van der Waals surface area contributed by atoms with E-state index in [0.717, 1.165) is 6.07 Å². The van der Waals surface area contributed by atoms with Gasteiger partial charge in [0, 0.05) is 5.02 Å². The minimum atomic E-state index is -4.28. The molecule has 13 heavy (non-hydrogen) atoms. The van der Waals surface area contributed by atoms with Crippen LogP contribution in [-0.2, 0) is 12.6 Å². The van der Waals surface area contributed by atoms with E-state index in [4.69, 9.17) is 11.6 Å². The van der Waals surface area contributed by atoms with Crippen LogP contribution in [0.3, 0.4) is 0 Å². The molecule has 72 valence electrons. The van der Waals surface area contributed by atoms with Gasteiger partial charge in [0.2, 0.25) is 0 Å². The van der Waals surface area contributed by atoms with Gasteiger partial charge in [-0.25, -0.2) is 0 Å². The highest BCUT2D eigenvalue weighted by atomic mass is 35.5. The van der Waals surface area contributed by atoms with Crippen molar-refractivity contribution in [3.63, 3.8) is 0 Å². The molecule has 0 saturated heterocycles. The van der Waals surface area contributed by atoms with Crippen molar-refractivity contribution in [2.75, 3.05) is 0 Å². The molecule has 0 nitrogen and oxygen atoms in total. The summed E-state index contributed by atoms with van der Waals surface area (Å²) >= 11 is 5.58. The van der Waals surface area contributed by atoms with E-state index in [9.17, 15) is 13.2 Å². The summed E-state index contributed by atoms with van der Waals surface area (Å²) in [5.74, 6) is 0. The van der Waals surface area contributed by atoms with E-state index in [-0.39, 0.29) is 5.56 Å². The first-order valence-electron chi connectivity index (χ1n) is 3.80. The molecule has 1 aromatic rings. The Bertz CT molecular complexity index is 304. The highest BCUT2D eigenvalue weighted by molar-refractivity contribution is 6.30. The summed E-state index contributed by atoms with van der Waals surface area (Å²) in [4.78, 5) is 0. The molecule has 0 aliphatic carbocycles. The topological polar surface area (TPSA) is 0 Å². The maximum Gasteiger partial charge on any atom is 0.416 e. The van der Waals surface area contributed by atoms with E-state index in [0.29, 0.717) is 11.4 Å². The van der Waals surface area contributed by atoms with Gasteiger partial charge in [0.1, 0.15) is 0 Å². The molecule has 0 amide bonds. The molecular weight excluding hydrogens is 201 g/mol. The van der Waals surface area contributed by atoms with Crippen LogP contribution in [0.25, 0.3) is 0 Å². The average molecular weight is 209 g/mol. The maximum atomic E-state index is 12.3. The van der Waals surface area contributed by atoms with Gasteiger partial charge in [-0.3, -0.25) is 0 Å². The van der Waals surface area contributed by atoms with E-state index in [1.54, 1.807) is 6.92 Å². The molecule has 0 heterocycles. The van der Waals surface area contributed by atoms with Crippen molar-refractivity contribution in [2.24, 2.45) is 0 Å². The van der Waals surface area contributed by atoms with Crippen LogP contribution < -0.4 is 0 Å². The molecule has 0 unspecified atom stereocenters. The lowest BCUT2D eigenvalue weighted by Crippen LogP contribution is -2.08. The molecule has 0 spiro atoms. The van der Waals surface area contributed by atoms with Gasteiger partial charge in [-0.1, -0.05) is 18.5 Å². The fraction of sp³-hybridized carbons (Fsp3) is 0.333. The Hall–Kier alpha value is -0.700. The highest BCUT2D eigenvalue weighted by Gasteiger charge is 2.32. The standard InChI is InChI=1S/C9H8ClF3/c1-2-6-5-7(10)3-4-8(6)9(11,12)13/h3-5H,2H2,1H3. The molecule has 1 rings (SSSR count). The summed E-state index contributed by atoms with van der Waals surface area (Å²) in [7, 11) is 0. The summed E-state index contributed by atoms with van der Waals surface area (Å²) < 4.78 is 37.0. The van der Waals surface area contributed by atoms with Crippen LogP contribution in [0.5, 0.6) is 0 Å². The number of hydrogen-bond donors (Lipinski definition) is 0. The van der Waals surface area contributed by atoms with Crippen molar-refractivity contribution in [2.45, 2.75) is 19.5 Å². The Kier molecular flexibility index (Phi) is 2.86. The second-order valence-electron chi connectivity index (χ2n) is 2.65. The van der Waals surface area contributed by atoms with E-state index in [1.165, 1.54) is 12.1 Å². The largest absolute Gasteiger partial charge is 0.416 e. The zero-order valence-electron chi connectivity index (χ0n) is 6.95. The minimum absolute atomic E-state index is 0.236. The van der Waals surface area contributed by atoms with Gasteiger partial charge in [0.25, 0.3) is 0 Å². The Labute approximate surface area is 79.3 Å². The fourth-order valence-electron chi connectivity index (χ4n) is 1.13. The van der Waals surface area contributed by atoms with Gasteiger partial charge < -0.3 is 0 Å². The lowest BCUT2D eigenvalue weighted by Gasteiger charge is -2.11. The second-order valence-corrected chi connectivity index (χ2v) is 3.09. The van der Waals surface area contributed by atoms with Gasteiger partial charge in [-0.05, 0) is 30.2 Å². The van der Waals surface area contributed by atoms with Crippen molar-refractivity contribution in [3.05, 3.63) is 34.3 Å². The van der Waals surface area contributed by atoms with E-state index in [2.05, 4.69) is 0 Å². The van der Waals surface area contributed by atoms with Gasteiger partial charge in [-0.2, -0.15) is 13.2 Å². The predicted molar refractivity (Wildman–Crippen MR) is 45.8 cm³/mol.